The van der Waals surface area contributed by atoms with Crippen molar-refractivity contribution in [3.05, 3.63) is 53.6 Å². The van der Waals surface area contributed by atoms with Gasteiger partial charge in [-0.3, -0.25) is 0 Å². The molecule has 0 fully saturated rings. The summed E-state index contributed by atoms with van der Waals surface area (Å²) in [6, 6.07) is 14.4. The van der Waals surface area contributed by atoms with Crippen molar-refractivity contribution in [1.82, 2.24) is 9.78 Å². The van der Waals surface area contributed by atoms with Crippen LogP contribution in [0.1, 0.15) is 0 Å². The Labute approximate surface area is 143 Å². The third-order valence-electron chi connectivity index (χ3n) is 3.32. The highest BCUT2D eigenvalue weighted by atomic mass is 35.5. The van der Waals surface area contributed by atoms with Crippen LogP contribution in [0.25, 0.3) is 5.69 Å². The van der Waals surface area contributed by atoms with Gasteiger partial charge in [-0.15, -0.1) is 15.3 Å². The molecule has 1 heterocycles. The lowest BCUT2D eigenvalue weighted by atomic mass is 10.3. The van der Waals surface area contributed by atoms with E-state index in [9.17, 15) is 0 Å². The molecular weight excluding hydrogens is 328 g/mol. The standard InChI is InChI=1S/C16H15ClN6O/c1-24-13-8-7-10(17)9-12(13)20-21-14-15(18)22-23(16(14)19)11-5-3-2-4-6-11/h2-9H,19H2,1H3,(H2,18,22). The average Bonchev–Trinajstić information content (AvgIpc) is 2.88. The van der Waals surface area contributed by atoms with Crippen LogP contribution in [0, 0.1) is 0 Å². The largest absolute Gasteiger partial charge is 0.494 e. The first-order chi connectivity index (χ1) is 11.6. The van der Waals surface area contributed by atoms with Gasteiger partial charge in [-0.25, -0.2) is 4.68 Å². The van der Waals surface area contributed by atoms with Gasteiger partial charge >= 0.3 is 0 Å². The minimum Gasteiger partial charge on any atom is -0.494 e. The molecule has 0 radical (unpaired) electrons. The molecule has 0 spiro atoms. The van der Waals surface area contributed by atoms with E-state index in [0.29, 0.717) is 28.0 Å². The fourth-order valence-corrected chi connectivity index (χ4v) is 2.32. The van der Waals surface area contributed by atoms with Crippen LogP contribution in [0.15, 0.2) is 58.8 Å². The Morgan fingerprint density at radius 2 is 1.83 bits per heavy atom. The number of benzene rings is 2. The molecule has 8 heteroatoms. The second-order valence-corrected chi connectivity index (χ2v) is 5.32. The molecule has 0 atom stereocenters. The second-order valence-electron chi connectivity index (χ2n) is 4.88. The van der Waals surface area contributed by atoms with E-state index in [4.69, 9.17) is 27.8 Å². The smallest absolute Gasteiger partial charge is 0.176 e. The summed E-state index contributed by atoms with van der Waals surface area (Å²) in [7, 11) is 1.54. The minimum atomic E-state index is 0.182. The minimum absolute atomic E-state index is 0.182. The molecule has 0 bridgehead atoms. The number of aromatic nitrogens is 2. The summed E-state index contributed by atoms with van der Waals surface area (Å²) in [5, 5.41) is 13.0. The quantitative estimate of drug-likeness (QED) is 0.696. The Morgan fingerprint density at radius 1 is 1.08 bits per heavy atom. The Kier molecular flexibility index (Phi) is 4.35. The molecule has 0 amide bonds. The van der Waals surface area contributed by atoms with Crippen molar-refractivity contribution in [2.75, 3.05) is 18.6 Å². The van der Waals surface area contributed by atoms with Gasteiger partial charge in [-0.1, -0.05) is 29.8 Å². The van der Waals surface area contributed by atoms with E-state index in [-0.39, 0.29) is 5.82 Å². The van der Waals surface area contributed by atoms with Crippen LogP contribution >= 0.6 is 11.6 Å². The highest BCUT2D eigenvalue weighted by Gasteiger charge is 2.14. The monoisotopic (exact) mass is 342 g/mol. The molecule has 2 aromatic carbocycles. The molecule has 0 aliphatic heterocycles. The number of ether oxygens (including phenoxy) is 1. The van der Waals surface area contributed by atoms with Crippen LogP contribution in [0.4, 0.5) is 23.0 Å². The van der Waals surface area contributed by atoms with Gasteiger partial charge in [-0.2, -0.15) is 0 Å². The van der Waals surface area contributed by atoms with Gasteiger partial charge < -0.3 is 16.2 Å². The number of hydrogen-bond acceptors (Lipinski definition) is 6. The zero-order valence-corrected chi connectivity index (χ0v) is 13.6. The van der Waals surface area contributed by atoms with Crippen molar-refractivity contribution in [3.8, 4) is 11.4 Å². The zero-order chi connectivity index (χ0) is 17.1. The molecule has 0 saturated heterocycles. The summed E-state index contributed by atoms with van der Waals surface area (Å²) in [4.78, 5) is 0. The molecule has 24 heavy (non-hydrogen) atoms. The maximum Gasteiger partial charge on any atom is 0.176 e. The molecule has 0 saturated carbocycles. The SMILES string of the molecule is COc1ccc(Cl)cc1N=Nc1c(N)nn(-c2ccccc2)c1N. The number of halogens is 1. The molecule has 4 N–H and O–H groups in total. The Hall–Kier alpha value is -3.06. The Balaban J connectivity index is 2.00. The fraction of sp³-hybridized carbons (Fsp3) is 0.0625. The van der Waals surface area contributed by atoms with Crippen LogP contribution in [0.2, 0.25) is 5.02 Å². The van der Waals surface area contributed by atoms with E-state index in [1.165, 1.54) is 4.68 Å². The summed E-state index contributed by atoms with van der Waals surface area (Å²) in [6.07, 6.45) is 0. The second kappa shape index (κ2) is 6.59. The number of rotatable bonds is 4. The summed E-state index contributed by atoms with van der Waals surface area (Å²) < 4.78 is 6.74. The maximum absolute atomic E-state index is 6.11. The predicted octanol–water partition coefficient (Wildman–Crippen LogP) is 4.11. The number of para-hydroxylation sites is 1. The van der Waals surface area contributed by atoms with E-state index in [1.807, 2.05) is 30.3 Å². The number of azo groups is 1. The van der Waals surface area contributed by atoms with Crippen LogP contribution in [-0.2, 0) is 0 Å². The van der Waals surface area contributed by atoms with Crippen molar-refractivity contribution in [2.24, 2.45) is 10.2 Å². The topological polar surface area (TPSA) is 104 Å². The number of hydrogen-bond donors (Lipinski definition) is 2. The van der Waals surface area contributed by atoms with Gasteiger partial charge in [0.05, 0.1) is 12.8 Å². The first kappa shape index (κ1) is 15.8. The number of nitrogens with two attached hydrogens (primary N) is 2. The predicted molar refractivity (Wildman–Crippen MR) is 94.6 cm³/mol. The first-order valence-corrected chi connectivity index (χ1v) is 7.42. The highest BCUT2D eigenvalue weighted by Crippen LogP contribution is 2.35. The van der Waals surface area contributed by atoms with Crippen molar-refractivity contribution in [1.29, 1.82) is 0 Å². The average molecular weight is 343 g/mol. The lowest BCUT2D eigenvalue weighted by Gasteiger charge is -2.04. The van der Waals surface area contributed by atoms with Crippen molar-refractivity contribution >= 4 is 34.6 Å². The maximum atomic E-state index is 6.11. The molecular formula is C16H15ClN6O. The molecule has 122 valence electrons. The summed E-state index contributed by atoms with van der Waals surface area (Å²) in [6.45, 7) is 0. The van der Waals surface area contributed by atoms with Crippen LogP contribution in [0.3, 0.4) is 0 Å². The molecule has 0 unspecified atom stereocenters. The van der Waals surface area contributed by atoms with E-state index >= 15 is 0 Å². The number of nitrogen functional groups attached to an aromatic ring is 2. The van der Waals surface area contributed by atoms with Crippen LogP contribution < -0.4 is 16.2 Å². The number of methoxy groups -OCH3 is 1. The molecule has 1 aromatic heterocycles. The molecule has 0 aliphatic rings. The van der Waals surface area contributed by atoms with Gasteiger partial charge in [0.2, 0.25) is 0 Å². The number of anilines is 2. The summed E-state index contributed by atoms with van der Waals surface area (Å²) in [5.41, 5.74) is 13.6. The molecule has 7 nitrogen and oxygen atoms in total. The lowest BCUT2D eigenvalue weighted by molar-refractivity contribution is 0.416. The number of nitrogens with zero attached hydrogens (tertiary/aromatic N) is 4. The van der Waals surface area contributed by atoms with Gasteiger partial charge in [-0.05, 0) is 30.3 Å². The highest BCUT2D eigenvalue weighted by molar-refractivity contribution is 6.30. The van der Waals surface area contributed by atoms with Gasteiger partial charge in [0.1, 0.15) is 11.4 Å². The Morgan fingerprint density at radius 3 is 2.54 bits per heavy atom. The normalized spacial score (nSPS) is 11.1. The van der Waals surface area contributed by atoms with Crippen molar-refractivity contribution in [2.45, 2.75) is 0 Å². The lowest BCUT2D eigenvalue weighted by Crippen LogP contribution is -2.01. The Bertz CT molecular complexity index is 891. The van der Waals surface area contributed by atoms with E-state index in [2.05, 4.69) is 15.3 Å². The molecule has 3 aromatic rings. The first-order valence-electron chi connectivity index (χ1n) is 7.05. The fourth-order valence-electron chi connectivity index (χ4n) is 2.15. The van der Waals surface area contributed by atoms with E-state index in [0.717, 1.165) is 5.69 Å². The van der Waals surface area contributed by atoms with E-state index in [1.54, 1.807) is 25.3 Å². The van der Waals surface area contributed by atoms with Crippen LogP contribution in [0.5, 0.6) is 5.75 Å². The van der Waals surface area contributed by atoms with E-state index < -0.39 is 0 Å². The van der Waals surface area contributed by atoms with Gasteiger partial charge in [0.15, 0.2) is 17.3 Å². The van der Waals surface area contributed by atoms with Gasteiger partial charge in [0, 0.05) is 5.02 Å². The third kappa shape index (κ3) is 3.02. The summed E-state index contributed by atoms with van der Waals surface area (Å²) in [5.74, 6) is 1.01. The summed E-state index contributed by atoms with van der Waals surface area (Å²) >= 11 is 5.98. The van der Waals surface area contributed by atoms with Crippen LogP contribution in [-0.4, -0.2) is 16.9 Å². The van der Waals surface area contributed by atoms with Crippen molar-refractivity contribution < 1.29 is 4.74 Å². The van der Waals surface area contributed by atoms with Gasteiger partial charge in [0.25, 0.3) is 0 Å². The third-order valence-corrected chi connectivity index (χ3v) is 3.56. The zero-order valence-electron chi connectivity index (χ0n) is 12.8. The molecule has 3 rings (SSSR count). The van der Waals surface area contributed by atoms with Crippen molar-refractivity contribution in [3.63, 3.8) is 0 Å². The molecule has 0 aliphatic carbocycles.